The Balaban J connectivity index is 2.30. The fraction of sp³-hybridized carbons (Fsp3) is 0.333. The summed E-state index contributed by atoms with van der Waals surface area (Å²) in [5, 5.41) is 0. The van der Waals surface area contributed by atoms with Gasteiger partial charge in [0, 0.05) is 5.56 Å². The number of aryl methyl sites for hydroxylation is 2. The number of benzene rings is 2. The average Bonchev–Trinajstić information content (AvgIpc) is 2.47. The van der Waals surface area contributed by atoms with Crippen molar-refractivity contribution in [1.82, 2.24) is 0 Å². The zero-order chi connectivity index (χ0) is 14.5. The third-order valence-electron chi connectivity index (χ3n) is 3.60. The van der Waals surface area contributed by atoms with E-state index in [1.165, 1.54) is 11.1 Å². The molecule has 0 saturated heterocycles. The lowest BCUT2D eigenvalue weighted by Crippen LogP contribution is -2.13. The summed E-state index contributed by atoms with van der Waals surface area (Å²) in [6, 6.07) is 14.6. The number of hydrogen-bond acceptors (Lipinski definition) is 2. The van der Waals surface area contributed by atoms with Crippen molar-refractivity contribution >= 4 is 0 Å². The molecule has 2 rings (SSSR count). The standard InChI is InChI=1S/C18H23NO/c1-4-5-14-7-9-15(10-8-14)18(19)16-12-13(2)6-11-17(16)20-3/h6-12,18H,4-5,19H2,1-3H3. The van der Waals surface area contributed by atoms with E-state index < -0.39 is 0 Å². The normalized spacial score (nSPS) is 12.2. The van der Waals surface area contributed by atoms with Crippen molar-refractivity contribution < 1.29 is 4.74 Å². The highest BCUT2D eigenvalue weighted by molar-refractivity contribution is 5.43. The van der Waals surface area contributed by atoms with Crippen LogP contribution in [0.5, 0.6) is 5.75 Å². The molecule has 0 bridgehead atoms. The summed E-state index contributed by atoms with van der Waals surface area (Å²) in [5.41, 5.74) is 11.1. The van der Waals surface area contributed by atoms with Gasteiger partial charge in [-0.15, -0.1) is 0 Å². The van der Waals surface area contributed by atoms with Crippen molar-refractivity contribution in [3.8, 4) is 5.75 Å². The summed E-state index contributed by atoms with van der Waals surface area (Å²) in [6.07, 6.45) is 2.28. The van der Waals surface area contributed by atoms with Gasteiger partial charge in [-0.2, -0.15) is 0 Å². The first-order chi connectivity index (χ1) is 9.65. The van der Waals surface area contributed by atoms with E-state index in [9.17, 15) is 0 Å². The van der Waals surface area contributed by atoms with Gasteiger partial charge in [-0.3, -0.25) is 0 Å². The maximum Gasteiger partial charge on any atom is 0.123 e. The molecule has 2 nitrogen and oxygen atoms in total. The van der Waals surface area contributed by atoms with Crippen LogP contribution >= 0.6 is 0 Å². The second-order valence-electron chi connectivity index (χ2n) is 5.21. The minimum absolute atomic E-state index is 0.152. The first-order valence-electron chi connectivity index (χ1n) is 7.14. The summed E-state index contributed by atoms with van der Waals surface area (Å²) in [6.45, 7) is 4.26. The molecule has 2 heteroatoms. The SMILES string of the molecule is CCCc1ccc(C(N)c2cc(C)ccc2OC)cc1. The Hall–Kier alpha value is -1.80. The van der Waals surface area contributed by atoms with Crippen LogP contribution < -0.4 is 10.5 Å². The average molecular weight is 269 g/mol. The Morgan fingerprint density at radius 2 is 1.80 bits per heavy atom. The smallest absolute Gasteiger partial charge is 0.123 e. The molecule has 1 atom stereocenters. The molecule has 0 aromatic heterocycles. The number of methoxy groups -OCH3 is 1. The van der Waals surface area contributed by atoms with Gasteiger partial charge in [0.2, 0.25) is 0 Å². The Kier molecular flexibility index (Phi) is 4.80. The second kappa shape index (κ2) is 6.58. The Labute approximate surface area is 121 Å². The van der Waals surface area contributed by atoms with Crippen LogP contribution in [-0.4, -0.2) is 7.11 Å². The molecule has 0 fully saturated rings. The van der Waals surface area contributed by atoms with Crippen molar-refractivity contribution in [1.29, 1.82) is 0 Å². The molecule has 2 aromatic rings. The molecular formula is C18H23NO. The lowest BCUT2D eigenvalue weighted by molar-refractivity contribution is 0.407. The quantitative estimate of drug-likeness (QED) is 0.890. The van der Waals surface area contributed by atoms with Gasteiger partial charge in [0.1, 0.15) is 5.75 Å². The number of hydrogen-bond donors (Lipinski definition) is 1. The van der Waals surface area contributed by atoms with Gasteiger partial charge in [0.15, 0.2) is 0 Å². The number of rotatable bonds is 5. The number of ether oxygens (including phenoxy) is 1. The van der Waals surface area contributed by atoms with Crippen LogP contribution in [0.3, 0.4) is 0 Å². The van der Waals surface area contributed by atoms with Crippen molar-refractivity contribution in [3.63, 3.8) is 0 Å². The van der Waals surface area contributed by atoms with E-state index in [1.807, 2.05) is 12.1 Å². The highest BCUT2D eigenvalue weighted by atomic mass is 16.5. The van der Waals surface area contributed by atoms with Gasteiger partial charge in [-0.25, -0.2) is 0 Å². The van der Waals surface area contributed by atoms with Crippen LogP contribution in [0.25, 0.3) is 0 Å². The molecule has 20 heavy (non-hydrogen) atoms. The van der Waals surface area contributed by atoms with E-state index in [4.69, 9.17) is 10.5 Å². The molecule has 0 radical (unpaired) electrons. The molecule has 0 aliphatic carbocycles. The molecule has 0 heterocycles. The molecule has 2 N–H and O–H groups in total. The summed E-state index contributed by atoms with van der Waals surface area (Å²) >= 11 is 0. The van der Waals surface area contributed by atoms with E-state index >= 15 is 0 Å². The predicted octanol–water partition coefficient (Wildman–Crippen LogP) is 4.00. The van der Waals surface area contributed by atoms with Crippen molar-refractivity contribution in [2.24, 2.45) is 5.73 Å². The highest BCUT2D eigenvalue weighted by Gasteiger charge is 2.14. The monoisotopic (exact) mass is 269 g/mol. The fourth-order valence-electron chi connectivity index (χ4n) is 2.46. The lowest BCUT2D eigenvalue weighted by atomic mass is 9.96. The van der Waals surface area contributed by atoms with Gasteiger partial charge < -0.3 is 10.5 Å². The first kappa shape index (κ1) is 14.6. The summed E-state index contributed by atoms with van der Waals surface area (Å²) in [4.78, 5) is 0. The topological polar surface area (TPSA) is 35.2 Å². The van der Waals surface area contributed by atoms with Crippen LogP contribution in [0.15, 0.2) is 42.5 Å². The van der Waals surface area contributed by atoms with Crippen LogP contribution in [0.4, 0.5) is 0 Å². The Bertz CT molecular complexity index is 560. The Morgan fingerprint density at radius 1 is 1.10 bits per heavy atom. The van der Waals surface area contributed by atoms with E-state index in [0.717, 1.165) is 29.7 Å². The van der Waals surface area contributed by atoms with Gasteiger partial charge in [-0.1, -0.05) is 55.3 Å². The van der Waals surface area contributed by atoms with E-state index in [2.05, 4.69) is 44.2 Å². The maximum atomic E-state index is 6.41. The predicted molar refractivity (Wildman–Crippen MR) is 84.2 cm³/mol. The Morgan fingerprint density at radius 3 is 2.40 bits per heavy atom. The zero-order valence-electron chi connectivity index (χ0n) is 12.5. The van der Waals surface area contributed by atoms with Crippen LogP contribution in [0, 0.1) is 6.92 Å². The summed E-state index contributed by atoms with van der Waals surface area (Å²) in [5.74, 6) is 0.848. The van der Waals surface area contributed by atoms with Gasteiger partial charge in [0.05, 0.1) is 13.2 Å². The van der Waals surface area contributed by atoms with E-state index in [1.54, 1.807) is 7.11 Å². The summed E-state index contributed by atoms with van der Waals surface area (Å²) < 4.78 is 5.43. The van der Waals surface area contributed by atoms with E-state index in [0.29, 0.717) is 0 Å². The van der Waals surface area contributed by atoms with Crippen LogP contribution in [0.2, 0.25) is 0 Å². The van der Waals surface area contributed by atoms with Gasteiger partial charge in [0.25, 0.3) is 0 Å². The molecule has 2 aromatic carbocycles. The summed E-state index contributed by atoms with van der Waals surface area (Å²) in [7, 11) is 1.69. The maximum absolute atomic E-state index is 6.41. The van der Waals surface area contributed by atoms with Crippen LogP contribution in [0.1, 0.15) is 41.6 Å². The zero-order valence-corrected chi connectivity index (χ0v) is 12.5. The van der Waals surface area contributed by atoms with Crippen molar-refractivity contribution in [3.05, 3.63) is 64.7 Å². The van der Waals surface area contributed by atoms with Gasteiger partial charge in [-0.05, 0) is 30.5 Å². The third kappa shape index (κ3) is 3.20. The molecule has 0 aliphatic rings. The largest absolute Gasteiger partial charge is 0.496 e. The molecule has 106 valence electrons. The van der Waals surface area contributed by atoms with Crippen molar-refractivity contribution in [2.75, 3.05) is 7.11 Å². The number of nitrogens with two attached hydrogens (primary N) is 1. The second-order valence-corrected chi connectivity index (χ2v) is 5.21. The first-order valence-corrected chi connectivity index (χ1v) is 7.14. The third-order valence-corrected chi connectivity index (χ3v) is 3.60. The van der Waals surface area contributed by atoms with E-state index in [-0.39, 0.29) is 6.04 Å². The fourth-order valence-corrected chi connectivity index (χ4v) is 2.46. The molecule has 0 saturated carbocycles. The molecule has 0 spiro atoms. The van der Waals surface area contributed by atoms with Crippen molar-refractivity contribution in [2.45, 2.75) is 32.7 Å². The minimum Gasteiger partial charge on any atom is -0.496 e. The lowest BCUT2D eigenvalue weighted by Gasteiger charge is -2.17. The highest BCUT2D eigenvalue weighted by Crippen LogP contribution is 2.29. The van der Waals surface area contributed by atoms with Crippen LogP contribution in [-0.2, 0) is 6.42 Å². The molecule has 0 aliphatic heterocycles. The molecule has 0 amide bonds. The van der Waals surface area contributed by atoms with Gasteiger partial charge >= 0.3 is 0 Å². The minimum atomic E-state index is -0.152. The molecule has 1 unspecified atom stereocenters. The molecular weight excluding hydrogens is 246 g/mol.